The maximum atomic E-state index is 13.3. The van der Waals surface area contributed by atoms with E-state index in [1.165, 1.54) is 23.8 Å². The van der Waals surface area contributed by atoms with Crippen LogP contribution < -0.4 is 10.5 Å². The number of aromatic nitrogens is 2. The molecule has 0 amide bonds. The van der Waals surface area contributed by atoms with E-state index in [0.717, 1.165) is 31.5 Å². The van der Waals surface area contributed by atoms with Crippen molar-refractivity contribution in [1.29, 1.82) is 0 Å². The highest BCUT2D eigenvalue weighted by Gasteiger charge is 2.16. The Morgan fingerprint density at radius 1 is 1.33 bits per heavy atom. The molecule has 126 valence electrons. The summed E-state index contributed by atoms with van der Waals surface area (Å²) < 4.78 is 18.3. The molecule has 0 unspecified atom stereocenters. The first-order valence-electron chi connectivity index (χ1n) is 7.93. The fourth-order valence-electron chi connectivity index (χ4n) is 2.86. The average Bonchev–Trinajstić information content (AvgIpc) is 2.55. The number of hydrogen-bond donors (Lipinski definition) is 1. The Morgan fingerprint density at radius 3 is 2.83 bits per heavy atom. The van der Waals surface area contributed by atoms with Crippen molar-refractivity contribution >= 4 is 11.9 Å². The zero-order chi connectivity index (χ0) is 16.9. The minimum absolute atomic E-state index is 0.173. The number of H-pyrrole nitrogens is 1. The van der Waals surface area contributed by atoms with Gasteiger partial charge in [-0.05, 0) is 30.5 Å². The van der Waals surface area contributed by atoms with E-state index in [2.05, 4.69) is 14.9 Å². The van der Waals surface area contributed by atoms with Crippen molar-refractivity contribution in [3.63, 3.8) is 0 Å². The van der Waals surface area contributed by atoms with Crippen LogP contribution in [0.5, 0.6) is 0 Å². The van der Waals surface area contributed by atoms with Gasteiger partial charge in [0.05, 0.1) is 0 Å². The second kappa shape index (κ2) is 7.40. The predicted molar refractivity (Wildman–Crippen MR) is 91.4 cm³/mol. The Balaban J connectivity index is 1.70. The van der Waals surface area contributed by atoms with Crippen LogP contribution in [-0.2, 0) is 11.3 Å². The number of hydrogen-bond acceptors (Lipinski definition) is 4. The van der Waals surface area contributed by atoms with Crippen molar-refractivity contribution in [3.05, 3.63) is 63.5 Å². The van der Waals surface area contributed by atoms with E-state index in [9.17, 15) is 9.18 Å². The molecule has 2 heterocycles. The van der Waals surface area contributed by atoms with E-state index in [1.807, 2.05) is 12.1 Å². The molecular weight excluding hydrogens is 309 g/mol. The van der Waals surface area contributed by atoms with E-state index in [0.29, 0.717) is 11.6 Å². The first-order valence-corrected chi connectivity index (χ1v) is 7.93. The zero-order valence-corrected chi connectivity index (χ0v) is 13.6. The lowest BCUT2D eigenvalue weighted by Crippen LogP contribution is -2.32. The van der Waals surface area contributed by atoms with E-state index in [-0.39, 0.29) is 18.0 Å². The fourth-order valence-corrected chi connectivity index (χ4v) is 2.86. The molecule has 2 aromatic rings. The summed E-state index contributed by atoms with van der Waals surface area (Å²) in [5, 5.41) is 0. The molecule has 24 heavy (non-hydrogen) atoms. The van der Waals surface area contributed by atoms with Crippen LogP contribution in [0, 0.1) is 5.82 Å². The third kappa shape index (κ3) is 4.08. The first kappa shape index (κ1) is 16.4. The number of benzene rings is 1. The van der Waals surface area contributed by atoms with Gasteiger partial charge in [-0.3, -0.25) is 4.79 Å². The van der Waals surface area contributed by atoms with Gasteiger partial charge in [0.1, 0.15) is 24.1 Å². The lowest BCUT2D eigenvalue weighted by atomic mass is 10.0. The Labute approximate surface area is 139 Å². The minimum atomic E-state index is -0.222. The number of methoxy groups -OCH3 is 1. The molecule has 1 N–H and O–H groups in total. The van der Waals surface area contributed by atoms with Gasteiger partial charge in [-0.1, -0.05) is 23.8 Å². The molecule has 1 saturated heterocycles. The van der Waals surface area contributed by atoms with Crippen molar-refractivity contribution in [2.24, 2.45) is 0 Å². The maximum absolute atomic E-state index is 13.3. The van der Waals surface area contributed by atoms with Crippen LogP contribution in [-0.4, -0.2) is 30.2 Å². The van der Waals surface area contributed by atoms with Gasteiger partial charge >= 0.3 is 0 Å². The smallest absolute Gasteiger partial charge is 0.253 e. The van der Waals surface area contributed by atoms with Crippen LogP contribution in [0.4, 0.5) is 10.2 Å². The largest absolute Gasteiger partial charge is 0.377 e. The summed E-state index contributed by atoms with van der Waals surface area (Å²) in [5.74, 6) is 0.983. The van der Waals surface area contributed by atoms with Gasteiger partial charge in [0, 0.05) is 26.3 Å². The van der Waals surface area contributed by atoms with Gasteiger partial charge in [0.15, 0.2) is 0 Å². The molecule has 0 saturated carbocycles. The molecule has 3 rings (SSSR count). The molecule has 1 fully saturated rings. The predicted octanol–water partition coefficient (Wildman–Crippen LogP) is 2.74. The van der Waals surface area contributed by atoms with Gasteiger partial charge in [0.25, 0.3) is 5.56 Å². The molecule has 0 spiro atoms. The molecule has 1 aliphatic heterocycles. The van der Waals surface area contributed by atoms with E-state index in [1.54, 1.807) is 13.2 Å². The van der Waals surface area contributed by atoms with Crippen molar-refractivity contribution in [2.75, 3.05) is 25.1 Å². The maximum Gasteiger partial charge on any atom is 0.253 e. The summed E-state index contributed by atoms with van der Waals surface area (Å²) in [6, 6.07) is 8.11. The summed E-state index contributed by atoms with van der Waals surface area (Å²) in [7, 11) is 1.57. The van der Waals surface area contributed by atoms with Crippen molar-refractivity contribution in [3.8, 4) is 0 Å². The van der Waals surface area contributed by atoms with Gasteiger partial charge in [-0.2, -0.15) is 0 Å². The molecule has 0 aliphatic carbocycles. The number of aromatic amines is 1. The fraction of sp³-hybridized carbons (Fsp3) is 0.333. The Kier molecular flexibility index (Phi) is 5.05. The molecule has 6 heteroatoms. The van der Waals surface area contributed by atoms with Gasteiger partial charge in [-0.15, -0.1) is 0 Å². The van der Waals surface area contributed by atoms with Crippen LogP contribution in [0.3, 0.4) is 0 Å². The molecular formula is C18H20FN3O2. The number of piperidine rings is 1. The number of nitrogens with zero attached hydrogens (tertiary/aromatic N) is 2. The van der Waals surface area contributed by atoms with Gasteiger partial charge < -0.3 is 14.6 Å². The quantitative estimate of drug-likeness (QED) is 0.937. The molecule has 1 aromatic heterocycles. The van der Waals surface area contributed by atoms with Gasteiger partial charge in [0.2, 0.25) is 0 Å². The van der Waals surface area contributed by atoms with Crippen LogP contribution in [0.1, 0.15) is 24.2 Å². The summed E-state index contributed by atoms with van der Waals surface area (Å²) in [6.45, 7) is 1.84. The minimum Gasteiger partial charge on any atom is -0.377 e. The SMILES string of the molecule is COCc1nc(N2CCC(=Cc3cccc(F)c3)CC2)cc(=O)[nH]1. The van der Waals surface area contributed by atoms with E-state index < -0.39 is 0 Å². The van der Waals surface area contributed by atoms with Crippen LogP contribution in [0.15, 0.2) is 40.7 Å². The molecule has 0 atom stereocenters. The normalized spacial score (nSPS) is 14.8. The number of halogens is 1. The average molecular weight is 329 g/mol. The highest BCUT2D eigenvalue weighted by atomic mass is 19.1. The number of nitrogens with one attached hydrogen (secondary N) is 1. The summed E-state index contributed by atoms with van der Waals surface area (Å²) in [6.07, 6.45) is 3.78. The number of ether oxygens (including phenoxy) is 1. The molecule has 1 aromatic carbocycles. The summed E-state index contributed by atoms with van der Waals surface area (Å²) in [5.41, 5.74) is 1.99. The lowest BCUT2D eigenvalue weighted by Gasteiger charge is -2.29. The standard InChI is InChI=1S/C18H20FN3O2/c1-24-12-16-20-17(11-18(23)21-16)22-7-5-13(6-8-22)9-14-3-2-4-15(19)10-14/h2-4,9-11H,5-8,12H2,1H3,(H,20,21,23). The molecule has 0 radical (unpaired) electrons. The van der Waals surface area contributed by atoms with Crippen LogP contribution in [0.25, 0.3) is 6.08 Å². The van der Waals surface area contributed by atoms with E-state index in [4.69, 9.17) is 4.74 Å². The van der Waals surface area contributed by atoms with Crippen molar-refractivity contribution in [2.45, 2.75) is 19.4 Å². The second-order valence-electron chi connectivity index (χ2n) is 5.83. The number of rotatable bonds is 4. The van der Waals surface area contributed by atoms with Crippen molar-refractivity contribution in [1.82, 2.24) is 9.97 Å². The summed E-state index contributed by atoms with van der Waals surface area (Å²) in [4.78, 5) is 20.9. The third-order valence-electron chi connectivity index (χ3n) is 4.01. The highest BCUT2D eigenvalue weighted by molar-refractivity contribution is 5.54. The van der Waals surface area contributed by atoms with Crippen molar-refractivity contribution < 1.29 is 9.13 Å². The monoisotopic (exact) mass is 329 g/mol. The molecule has 5 nitrogen and oxygen atoms in total. The topological polar surface area (TPSA) is 58.2 Å². The van der Waals surface area contributed by atoms with Crippen LogP contribution in [0.2, 0.25) is 0 Å². The van der Waals surface area contributed by atoms with E-state index >= 15 is 0 Å². The molecule has 0 bridgehead atoms. The highest BCUT2D eigenvalue weighted by Crippen LogP contribution is 2.22. The Hall–Kier alpha value is -2.47. The lowest BCUT2D eigenvalue weighted by molar-refractivity contribution is 0.177. The summed E-state index contributed by atoms with van der Waals surface area (Å²) >= 11 is 0. The van der Waals surface area contributed by atoms with Gasteiger partial charge in [-0.25, -0.2) is 9.37 Å². The molecule has 1 aliphatic rings. The first-order chi connectivity index (χ1) is 11.6. The second-order valence-corrected chi connectivity index (χ2v) is 5.83. The Morgan fingerprint density at radius 2 is 2.12 bits per heavy atom. The zero-order valence-electron chi connectivity index (χ0n) is 13.6. The Bertz CT molecular complexity index is 791. The van der Waals surface area contributed by atoms with Crippen LogP contribution >= 0.6 is 0 Å². The third-order valence-corrected chi connectivity index (χ3v) is 4.01. The number of anilines is 1.